The first-order chi connectivity index (χ1) is 12.5. The summed E-state index contributed by atoms with van der Waals surface area (Å²) in [4.78, 5) is 37.5. The lowest BCUT2D eigenvalue weighted by atomic mass is 10.2. The highest BCUT2D eigenvalue weighted by atomic mass is 32.1. The number of pyridine rings is 1. The summed E-state index contributed by atoms with van der Waals surface area (Å²) < 4.78 is 6.55. The summed E-state index contributed by atoms with van der Waals surface area (Å²) in [5, 5.41) is 4.40. The van der Waals surface area contributed by atoms with E-state index in [1.165, 1.54) is 22.2 Å². The zero-order chi connectivity index (χ0) is 18.3. The van der Waals surface area contributed by atoms with Gasteiger partial charge in [0.25, 0.3) is 11.4 Å². The summed E-state index contributed by atoms with van der Waals surface area (Å²) in [5.74, 6) is 0.122. The summed E-state index contributed by atoms with van der Waals surface area (Å²) in [6, 6.07) is 3.55. The average molecular weight is 368 g/mol. The zero-order valence-corrected chi connectivity index (χ0v) is 14.4. The Labute approximate surface area is 150 Å². The minimum Gasteiger partial charge on any atom is -0.368 e. The lowest BCUT2D eigenvalue weighted by Crippen LogP contribution is -2.28. The predicted molar refractivity (Wildman–Crippen MR) is 94.3 cm³/mol. The Morgan fingerprint density at radius 3 is 2.85 bits per heavy atom. The van der Waals surface area contributed by atoms with Crippen LogP contribution in [0, 0.1) is 6.92 Å². The first-order valence-corrected chi connectivity index (χ1v) is 8.37. The molecule has 2 N–H and O–H groups in total. The van der Waals surface area contributed by atoms with Gasteiger partial charge >= 0.3 is 0 Å². The molecule has 4 rings (SSSR count). The number of primary amides is 1. The molecule has 0 aliphatic heterocycles. The third-order valence-corrected chi connectivity index (χ3v) is 4.99. The van der Waals surface area contributed by atoms with E-state index in [0.717, 1.165) is 5.56 Å². The van der Waals surface area contributed by atoms with Crippen LogP contribution in [0.1, 0.15) is 5.56 Å². The van der Waals surface area contributed by atoms with Crippen LogP contribution in [0.2, 0.25) is 0 Å². The Hall–Kier alpha value is -3.40. The molecule has 4 aromatic rings. The van der Waals surface area contributed by atoms with Gasteiger partial charge in [-0.05, 0) is 24.6 Å². The fourth-order valence-electron chi connectivity index (χ4n) is 2.58. The molecule has 0 unspecified atom stereocenters. The Kier molecular flexibility index (Phi) is 3.81. The number of hydrogen-bond acceptors (Lipinski definition) is 8. The summed E-state index contributed by atoms with van der Waals surface area (Å²) in [6.45, 7) is 1.56. The number of rotatable bonds is 4. The van der Waals surface area contributed by atoms with Crippen molar-refractivity contribution in [2.24, 2.45) is 5.73 Å². The maximum atomic E-state index is 12.6. The van der Waals surface area contributed by atoms with Crippen LogP contribution >= 0.6 is 11.3 Å². The monoisotopic (exact) mass is 368 g/mol. The highest BCUT2D eigenvalue weighted by molar-refractivity contribution is 7.22. The zero-order valence-electron chi connectivity index (χ0n) is 13.5. The quantitative estimate of drug-likeness (QED) is 0.575. The molecule has 10 heteroatoms. The van der Waals surface area contributed by atoms with Crippen molar-refractivity contribution in [3.05, 3.63) is 46.8 Å². The summed E-state index contributed by atoms with van der Waals surface area (Å²) >= 11 is 1.28. The van der Waals surface area contributed by atoms with E-state index < -0.39 is 5.91 Å². The predicted octanol–water partition coefficient (Wildman–Crippen LogP) is 1.36. The van der Waals surface area contributed by atoms with Gasteiger partial charge in [0.2, 0.25) is 11.7 Å². The average Bonchev–Trinajstić information content (AvgIpc) is 3.23. The topological polar surface area (TPSA) is 130 Å². The van der Waals surface area contributed by atoms with Crippen LogP contribution in [0.25, 0.3) is 32.4 Å². The van der Waals surface area contributed by atoms with Gasteiger partial charge in [-0.25, -0.2) is 4.98 Å². The van der Waals surface area contributed by atoms with Gasteiger partial charge in [0, 0.05) is 18.0 Å². The van der Waals surface area contributed by atoms with Crippen LogP contribution in [-0.4, -0.2) is 30.6 Å². The van der Waals surface area contributed by atoms with Gasteiger partial charge < -0.3 is 10.3 Å². The van der Waals surface area contributed by atoms with Gasteiger partial charge in [0.15, 0.2) is 0 Å². The van der Waals surface area contributed by atoms with Gasteiger partial charge in [-0.1, -0.05) is 5.16 Å². The number of aromatic nitrogens is 5. The molecule has 0 fully saturated rings. The number of hydrogen-bond donors (Lipinski definition) is 1. The lowest BCUT2D eigenvalue weighted by molar-refractivity contribution is -0.118. The first-order valence-electron chi connectivity index (χ1n) is 7.56. The maximum Gasteiger partial charge on any atom is 0.268 e. The molecular weight excluding hydrogens is 356 g/mol. The summed E-state index contributed by atoms with van der Waals surface area (Å²) in [5.41, 5.74) is 6.28. The smallest absolute Gasteiger partial charge is 0.268 e. The van der Waals surface area contributed by atoms with Crippen molar-refractivity contribution in [1.29, 1.82) is 0 Å². The number of amides is 1. The highest BCUT2D eigenvalue weighted by Crippen LogP contribution is 2.35. The molecule has 0 saturated carbocycles. The Morgan fingerprint density at radius 1 is 1.35 bits per heavy atom. The molecule has 9 nitrogen and oxygen atoms in total. The third-order valence-electron chi connectivity index (χ3n) is 3.80. The third kappa shape index (κ3) is 2.65. The van der Waals surface area contributed by atoms with E-state index in [9.17, 15) is 9.59 Å². The molecule has 4 aromatic heterocycles. The SMILES string of the molecule is Cc1c(-c2nc(-c3ccncc3)no2)sc2ncn(CC(N)=O)c(=O)c12. The first kappa shape index (κ1) is 16.1. The highest BCUT2D eigenvalue weighted by Gasteiger charge is 2.20. The molecule has 0 saturated heterocycles. The van der Waals surface area contributed by atoms with Crippen molar-refractivity contribution >= 4 is 27.5 Å². The summed E-state index contributed by atoms with van der Waals surface area (Å²) in [7, 11) is 0. The lowest BCUT2D eigenvalue weighted by Gasteiger charge is -2.01. The van der Waals surface area contributed by atoms with Crippen molar-refractivity contribution in [1.82, 2.24) is 24.7 Å². The minimum absolute atomic E-state index is 0.223. The number of aryl methyl sites for hydroxylation is 1. The molecule has 130 valence electrons. The fraction of sp³-hybridized carbons (Fsp3) is 0.125. The number of fused-ring (bicyclic) bond motifs is 1. The van der Waals surface area contributed by atoms with Crippen molar-refractivity contribution < 1.29 is 9.32 Å². The Bertz CT molecular complexity index is 1180. The minimum atomic E-state index is -0.611. The van der Waals surface area contributed by atoms with Crippen molar-refractivity contribution in [2.45, 2.75) is 13.5 Å². The van der Waals surface area contributed by atoms with E-state index in [-0.39, 0.29) is 12.1 Å². The molecule has 0 aliphatic carbocycles. The van der Waals surface area contributed by atoms with E-state index in [2.05, 4.69) is 20.1 Å². The Balaban J connectivity index is 1.82. The van der Waals surface area contributed by atoms with Crippen LogP contribution in [-0.2, 0) is 11.3 Å². The van der Waals surface area contributed by atoms with E-state index >= 15 is 0 Å². The normalized spacial score (nSPS) is 11.1. The van der Waals surface area contributed by atoms with Gasteiger partial charge in [0.1, 0.15) is 11.4 Å². The summed E-state index contributed by atoms with van der Waals surface area (Å²) in [6.07, 6.45) is 4.59. The van der Waals surface area contributed by atoms with Crippen LogP contribution in [0.5, 0.6) is 0 Å². The second-order valence-corrected chi connectivity index (χ2v) is 6.54. The molecule has 0 aliphatic rings. The molecule has 0 bridgehead atoms. The molecule has 0 atom stereocenters. The van der Waals surface area contributed by atoms with E-state index in [1.807, 2.05) is 0 Å². The molecule has 0 radical (unpaired) electrons. The number of nitrogens with two attached hydrogens (primary N) is 1. The van der Waals surface area contributed by atoms with Gasteiger partial charge in [0.05, 0.1) is 16.6 Å². The molecule has 0 aromatic carbocycles. The van der Waals surface area contributed by atoms with Crippen molar-refractivity contribution in [3.8, 4) is 22.2 Å². The molecule has 0 spiro atoms. The second-order valence-electron chi connectivity index (χ2n) is 5.54. The van der Waals surface area contributed by atoms with Crippen LogP contribution in [0.4, 0.5) is 0 Å². The fourth-order valence-corrected chi connectivity index (χ4v) is 3.64. The van der Waals surface area contributed by atoms with Gasteiger partial charge in [-0.3, -0.25) is 19.1 Å². The van der Waals surface area contributed by atoms with Crippen molar-refractivity contribution in [3.63, 3.8) is 0 Å². The molecular formula is C16H12N6O3S. The van der Waals surface area contributed by atoms with Crippen molar-refractivity contribution in [2.75, 3.05) is 0 Å². The van der Waals surface area contributed by atoms with Crippen LogP contribution in [0.3, 0.4) is 0 Å². The van der Waals surface area contributed by atoms with E-state index in [1.54, 1.807) is 31.5 Å². The Morgan fingerprint density at radius 2 is 2.12 bits per heavy atom. The standard InChI is InChI=1S/C16H12N6O3S/c1-8-11-15(19-7-22(16(11)24)6-10(17)23)26-12(8)14-20-13(21-25-14)9-2-4-18-5-3-9/h2-5,7H,6H2,1H3,(H2,17,23). The number of carbonyl (C=O) groups excluding carboxylic acids is 1. The number of carbonyl (C=O) groups is 1. The largest absolute Gasteiger partial charge is 0.368 e. The van der Waals surface area contributed by atoms with Crippen LogP contribution < -0.4 is 11.3 Å². The maximum absolute atomic E-state index is 12.6. The number of nitrogens with zero attached hydrogens (tertiary/aromatic N) is 5. The van der Waals surface area contributed by atoms with E-state index in [4.69, 9.17) is 10.3 Å². The van der Waals surface area contributed by atoms with Gasteiger partial charge in [-0.2, -0.15) is 4.98 Å². The second kappa shape index (κ2) is 6.15. The van der Waals surface area contributed by atoms with Gasteiger partial charge in [-0.15, -0.1) is 11.3 Å². The molecule has 26 heavy (non-hydrogen) atoms. The molecule has 4 heterocycles. The van der Waals surface area contributed by atoms with Crippen LogP contribution in [0.15, 0.2) is 40.2 Å². The number of thiophene rings is 1. The molecule has 1 amide bonds. The van der Waals surface area contributed by atoms with E-state index in [0.29, 0.717) is 32.4 Å².